The molecule has 0 amide bonds. The first-order valence-corrected chi connectivity index (χ1v) is 8.21. The zero-order valence-corrected chi connectivity index (χ0v) is 17.3. The van der Waals surface area contributed by atoms with Crippen molar-refractivity contribution >= 4 is 0 Å². The fourth-order valence-electron chi connectivity index (χ4n) is 3.58. The molecule has 2 aliphatic rings. The Balaban J connectivity index is -0.000000270. The molecule has 0 aromatic heterocycles. The van der Waals surface area contributed by atoms with Gasteiger partial charge in [0.05, 0.1) is 0 Å². The minimum absolute atomic E-state index is 0. The van der Waals surface area contributed by atoms with E-state index in [1.807, 2.05) is 0 Å². The Kier molecular flexibility index (Phi) is 14.0. The normalized spacial score (nSPS) is 19.7. The molecule has 0 spiro atoms. The van der Waals surface area contributed by atoms with E-state index in [0.717, 1.165) is 11.8 Å². The second kappa shape index (κ2) is 11.1. The molecule has 130 valence electrons. The van der Waals surface area contributed by atoms with E-state index in [2.05, 4.69) is 41.5 Å². The quantitative estimate of drug-likeness (QED) is 0.320. The van der Waals surface area contributed by atoms with Crippen LogP contribution in [0.5, 0.6) is 0 Å². The smallest absolute Gasteiger partial charge is 0.358 e. The monoisotopic (exact) mass is 338 g/mol. The third-order valence-corrected chi connectivity index (χ3v) is 5.16. The Bertz CT molecular complexity index is 193. The van der Waals surface area contributed by atoms with Crippen molar-refractivity contribution in [2.75, 3.05) is 0 Å². The summed E-state index contributed by atoms with van der Waals surface area (Å²) in [4.78, 5) is 0. The van der Waals surface area contributed by atoms with Crippen LogP contribution in [0.2, 0.25) is 0 Å². The van der Waals surface area contributed by atoms with E-state index in [1.54, 1.807) is 0 Å². The van der Waals surface area contributed by atoms with E-state index in [-0.39, 0.29) is 31.9 Å². The zero-order valence-electron chi connectivity index (χ0n) is 16.2. The molecule has 0 N–H and O–H groups in total. The largest absolute Gasteiger partial charge is 2.00 e. The Morgan fingerprint density at radius 3 is 0.810 bits per heavy atom. The summed E-state index contributed by atoms with van der Waals surface area (Å²) in [6, 6.07) is 0. The summed E-state index contributed by atoms with van der Waals surface area (Å²) in [5.41, 5.74) is 1.16. The number of hydrogen-bond acceptors (Lipinski definition) is 0. The Morgan fingerprint density at radius 1 is 0.524 bits per heavy atom. The van der Waals surface area contributed by atoms with Gasteiger partial charge in [-0.25, -0.2) is 0 Å². The van der Waals surface area contributed by atoms with Gasteiger partial charge in [-0.2, -0.15) is 0 Å². The Labute approximate surface area is 147 Å². The van der Waals surface area contributed by atoms with Crippen LogP contribution in [0.3, 0.4) is 0 Å². The minimum atomic E-state index is 0. The molecule has 0 aliphatic heterocycles. The van der Waals surface area contributed by atoms with Gasteiger partial charge >= 0.3 is 17.1 Å². The van der Waals surface area contributed by atoms with E-state index in [9.17, 15) is 0 Å². The summed E-state index contributed by atoms with van der Waals surface area (Å²) in [7, 11) is 0. The van der Waals surface area contributed by atoms with E-state index in [0.29, 0.717) is 10.8 Å². The summed E-state index contributed by atoms with van der Waals surface area (Å²) in [5, 5.41) is 0. The molecule has 2 fully saturated rings. The van der Waals surface area contributed by atoms with E-state index >= 15 is 0 Å². The van der Waals surface area contributed by atoms with Crippen LogP contribution in [0.15, 0.2) is 0 Å². The van der Waals surface area contributed by atoms with Gasteiger partial charge in [-0.15, -0.1) is 0 Å². The Hall–Kier alpha value is 0.519. The molecule has 0 atom stereocenters. The molecule has 0 radical (unpaired) electrons. The third-order valence-electron chi connectivity index (χ3n) is 5.16. The fourth-order valence-corrected chi connectivity index (χ4v) is 3.58. The maximum atomic E-state index is 2.36. The molecule has 1 heteroatoms. The topological polar surface area (TPSA) is 0 Å². The molecule has 21 heavy (non-hydrogen) atoms. The molecule has 0 saturated heterocycles. The van der Waals surface area contributed by atoms with Crippen molar-refractivity contribution in [2.24, 2.45) is 22.7 Å². The van der Waals surface area contributed by atoms with Crippen LogP contribution in [0.1, 0.15) is 92.9 Å². The number of hydrogen-bond donors (Lipinski definition) is 0. The van der Waals surface area contributed by atoms with Crippen molar-refractivity contribution in [3.8, 4) is 0 Å². The first kappa shape index (κ1) is 26.4. The van der Waals surface area contributed by atoms with Crippen molar-refractivity contribution in [1.29, 1.82) is 0 Å². The van der Waals surface area contributed by atoms with Gasteiger partial charge in [-0.3, -0.25) is 0 Å². The first-order valence-electron chi connectivity index (χ1n) is 8.21. The van der Waals surface area contributed by atoms with Crippen LogP contribution in [0.25, 0.3) is 0 Å². The van der Waals surface area contributed by atoms with E-state index < -0.39 is 0 Å². The molecule has 0 heterocycles. The maximum absolute atomic E-state index is 2.36. The molecule has 0 bridgehead atoms. The third kappa shape index (κ3) is 10.0. The maximum Gasteiger partial charge on any atom is 2.00 e. The molecule has 2 rings (SSSR count). The van der Waals surface area contributed by atoms with Gasteiger partial charge in [0, 0.05) is 0 Å². The van der Waals surface area contributed by atoms with Crippen LogP contribution < -0.4 is 0 Å². The van der Waals surface area contributed by atoms with Crippen LogP contribution in [-0.2, 0) is 17.1 Å². The molecule has 0 unspecified atom stereocenters. The van der Waals surface area contributed by atoms with Gasteiger partial charge in [0.1, 0.15) is 0 Å². The average Bonchev–Trinajstić information content (AvgIpc) is 2.91. The first-order chi connectivity index (χ1) is 8.21. The second-order valence-electron chi connectivity index (χ2n) is 8.69. The average molecular weight is 338 g/mol. The van der Waals surface area contributed by atoms with E-state index in [1.165, 1.54) is 51.4 Å². The Morgan fingerprint density at radius 2 is 0.714 bits per heavy atom. The SMILES string of the molecule is CC(C)(C)C1CCCC1.CC(C)(C)C1CCCC1.[CH3-].[CH3-].[Fe+2]. The van der Waals surface area contributed by atoms with Crippen molar-refractivity contribution in [3.05, 3.63) is 14.9 Å². The molecule has 2 aliphatic carbocycles. The van der Waals surface area contributed by atoms with Crippen LogP contribution in [0.4, 0.5) is 0 Å². The fraction of sp³-hybridized carbons (Fsp3) is 0.900. The summed E-state index contributed by atoms with van der Waals surface area (Å²) in [6.07, 6.45) is 11.8. The molecular weight excluding hydrogens is 296 g/mol. The van der Waals surface area contributed by atoms with Crippen LogP contribution >= 0.6 is 0 Å². The van der Waals surface area contributed by atoms with Crippen molar-refractivity contribution in [1.82, 2.24) is 0 Å². The summed E-state index contributed by atoms with van der Waals surface area (Å²) >= 11 is 0. The predicted molar refractivity (Wildman–Crippen MR) is 95.7 cm³/mol. The van der Waals surface area contributed by atoms with Gasteiger partial charge in [-0.1, -0.05) is 67.2 Å². The van der Waals surface area contributed by atoms with Gasteiger partial charge in [0.25, 0.3) is 0 Å². The molecular formula is C20H42Fe. The van der Waals surface area contributed by atoms with Gasteiger partial charge in [0.2, 0.25) is 0 Å². The molecule has 0 aromatic carbocycles. The van der Waals surface area contributed by atoms with Crippen LogP contribution in [-0.4, -0.2) is 0 Å². The standard InChI is InChI=1S/2C9H18.2CH3.Fe/c2*1-9(2,3)8-6-4-5-7-8;;;/h2*8H,4-7H2,1-3H3;2*1H3;/q;;2*-1;+2. The minimum Gasteiger partial charge on any atom is -0.358 e. The van der Waals surface area contributed by atoms with Gasteiger partial charge in [-0.05, 0) is 48.3 Å². The van der Waals surface area contributed by atoms with Crippen LogP contribution in [0, 0.1) is 37.5 Å². The summed E-state index contributed by atoms with van der Waals surface area (Å²) in [5.74, 6) is 2.02. The van der Waals surface area contributed by atoms with Crippen molar-refractivity contribution in [3.63, 3.8) is 0 Å². The van der Waals surface area contributed by atoms with Crippen molar-refractivity contribution in [2.45, 2.75) is 92.9 Å². The second-order valence-corrected chi connectivity index (χ2v) is 8.69. The van der Waals surface area contributed by atoms with Gasteiger partial charge < -0.3 is 14.9 Å². The molecule has 0 aromatic rings. The summed E-state index contributed by atoms with van der Waals surface area (Å²) in [6.45, 7) is 14.2. The van der Waals surface area contributed by atoms with Crippen molar-refractivity contribution < 1.29 is 17.1 Å². The van der Waals surface area contributed by atoms with E-state index in [4.69, 9.17) is 0 Å². The van der Waals surface area contributed by atoms with Gasteiger partial charge in [0.15, 0.2) is 0 Å². The zero-order chi connectivity index (χ0) is 13.8. The molecule has 2 saturated carbocycles. The summed E-state index contributed by atoms with van der Waals surface area (Å²) < 4.78 is 0. The molecule has 0 nitrogen and oxygen atoms in total. The predicted octanol–water partition coefficient (Wildman–Crippen LogP) is 7.34. The number of rotatable bonds is 0.